The fourth-order valence-electron chi connectivity index (χ4n) is 3.57. The number of amides is 1. The summed E-state index contributed by atoms with van der Waals surface area (Å²) in [6.07, 6.45) is 3.22. The standard InChI is InChI=1S/C21H19ClFN5O2/c1-21(9-19(30)27(2)20(24)26-21)15-5-12(3-4-16(15)23)6-18(29)17-8-14-7-13(22)10-28(14)11-25-17/h3-5,7-8,10-11H,6,9H2,1-2H3,(H2,24,26). The zero-order chi connectivity index (χ0) is 21.6. The van der Waals surface area contributed by atoms with E-state index in [-0.39, 0.29) is 41.7 Å². The highest BCUT2D eigenvalue weighted by atomic mass is 35.5. The van der Waals surface area contributed by atoms with Gasteiger partial charge in [-0.1, -0.05) is 17.7 Å². The van der Waals surface area contributed by atoms with Crippen LogP contribution in [0.25, 0.3) is 5.52 Å². The molecule has 1 aliphatic rings. The Morgan fingerprint density at radius 3 is 2.83 bits per heavy atom. The van der Waals surface area contributed by atoms with Crippen molar-refractivity contribution in [2.45, 2.75) is 25.3 Å². The number of benzene rings is 1. The smallest absolute Gasteiger partial charge is 0.231 e. The molecule has 1 amide bonds. The summed E-state index contributed by atoms with van der Waals surface area (Å²) >= 11 is 5.98. The molecule has 1 atom stereocenters. The Labute approximate surface area is 177 Å². The summed E-state index contributed by atoms with van der Waals surface area (Å²) in [5.74, 6) is -0.961. The van der Waals surface area contributed by atoms with Crippen molar-refractivity contribution >= 4 is 34.8 Å². The largest absolute Gasteiger partial charge is 0.369 e. The highest BCUT2D eigenvalue weighted by Crippen LogP contribution is 2.35. The van der Waals surface area contributed by atoms with Gasteiger partial charge in [0.1, 0.15) is 11.5 Å². The Morgan fingerprint density at radius 2 is 2.10 bits per heavy atom. The molecule has 2 aromatic heterocycles. The Hall–Kier alpha value is -3.26. The van der Waals surface area contributed by atoms with Crippen molar-refractivity contribution < 1.29 is 14.0 Å². The number of aromatic nitrogens is 2. The van der Waals surface area contributed by atoms with Gasteiger partial charge in [0.15, 0.2) is 11.7 Å². The molecule has 1 aromatic carbocycles. The lowest BCUT2D eigenvalue weighted by Gasteiger charge is -2.34. The van der Waals surface area contributed by atoms with Crippen LogP contribution in [0.3, 0.4) is 0 Å². The highest BCUT2D eigenvalue weighted by molar-refractivity contribution is 6.31. The van der Waals surface area contributed by atoms with Gasteiger partial charge >= 0.3 is 0 Å². The van der Waals surface area contributed by atoms with Crippen LogP contribution in [0.1, 0.15) is 35.0 Å². The number of ketones is 1. The van der Waals surface area contributed by atoms with Gasteiger partial charge in [-0.2, -0.15) is 0 Å². The van der Waals surface area contributed by atoms with E-state index < -0.39 is 11.4 Å². The molecule has 4 rings (SSSR count). The van der Waals surface area contributed by atoms with E-state index in [1.54, 1.807) is 35.7 Å². The first kappa shape index (κ1) is 20.0. The van der Waals surface area contributed by atoms with Gasteiger partial charge in [0.2, 0.25) is 5.91 Å². The number of carbonyl (C=O) groups is 2. The molecular formula is C21H19ClFN5O2. The summed E-state index contributed by atoms with van der Waals surface area (Å²) in [4.78, 5) is 34.7. The van der Waals surface area contributed by atoms with E-state index in [9.17, 15) is 14.0 Å². The van der Waals surface area contributed by atoms with Crippen molar-refractivity contribution in [3.8, 4) is 0 Å². The first-order valence-corrected chi connectivity index (χ1v) is 9.61. The lowest BCUT2D eigenvalue weighted by atomic mass is 9.85. The van der Waals surface area contributed by atoms with Crippen LogP contribution >= 0.6 is 11.6 Å². The predicted octanol–water partition coefficient (Wildman–Crippen LogP) is 2.94. The molecule has 3 heterocycles. The number of nitrogens with two attached hydrogens (primary N) is 1. The predicted molar refractivity (Wildman–Crippen MR) is 111 cm³/mol. The maximum Gasteiger partial charge on any atom is 0.231 e. The van der Waals surface area contributed by atoms with Crippen LogP contribution in [0.4, 0.5) is 4.39 Å². The summed E-state index contributed by atoms with van der Waals surface area (Å²) < 4.78 is 16.4. The fraction of sp³-hybridized carbons (Fsp3) is 0.238. The summed E-state index contributed by atoms with van der Waals surface area (Å²) in [6.45, 7) is 1.65. The fourth-order valence-corrected chi connectivity index (χ4v) is 3.78. The minimum Gasteiger partial charge on any atom is -0.369 e. The minimum absolute atomic E-state index is 0.0218. The number of hydrogen-bond acceptors (Lipinski definition) is 5. The molecule has 7 nitrogen and oxygen atoms in total. The second-order valence-electron chi connectivity index (χ2n) is 7.55. The van der Waals surface area contributed by atoms with E-state index in [2.05, 4.69) is 9.98 Å². The second kappa shape index (κ2) is 7.21. The molecule has 2 N–H and O–H groups in total. The van der Waals surface area contributed by atoms with Crippen LogP contribution in [-0.2, 0) is 16.8 Å². The molecule has 0 saturated heterocycles. The van der Waals surface area contributed by atoms with Crippen LogP contribution in [0.2, 0.25) is 5.02 Å². The molecule has 3 aromatic rings. The summed E-state index contributed by atoms with van der Waals surface area (Å²) in [5.41, 5.74) is 6.54. The van der Waals surface area contributed by atoms with Crippen molar-refractivity contribution in [1.82, 2.24) is 14.3 Å². The molecule has 0 saturated carbocycles. The number of carbonyl (C=O) groups excluding carboxylic acids is 2. The van der Waals surface area contributed by atoms with Crippen LogP contribution in [0.5, 0.6) is 0 Å². The molecule has 0 aliphatic carbocycles. The number of fused-ring (bicyclic) bond motifs is 1. The lowest BCUT2D eigenvalue weighted by Crippen LogP contribution is -2.47. The highest BCUT2D eigenvalue weighted by Gasteiger charge is 2.38. The molecule has 1 unspecified atom stereocenters. The van der Waals surface area contributed by atoms with E-state index in [0.717, 1.165) is 5.52 Å². The van der Waals surface area contributed by atoms with E-state index >= 15 is 0 Å². The Kier molecular flexibility index (Phi) is 4.82. The first-order valence-electron chi connectivity index (χ1n) is 9.23. The maximum atomic E-state index is 14.6. The third-order valence-electron chi connectivity index (χ3n) is 5.29. The van der Waals surface area contributed by atoms with Gasteiger partial charge in [-0.15, -0.1) is 0 Å². The van der Waals surface area contributed by atoms with E-state index in [4.69, 9.17) is 17.3 Å². The van der Waals surface area contributed by atoms with E-state index in [0.29, 0.717) is 10.6 Å². The van der Waals surface area contributed by atoms with Gasteiger partial charge in [0, 0.05) is 25.2 Å². The average Bonchev–Trinajstić information content (AvgIpc) is 3.06. The van der Waals surface area contributed by atoms with Crippen molar-refractivity contribution in [2.24, 2.45) is 10.7 Å². The van der Waals surface area contributed by atoms with Crippen molar-refractivity contribution in [3.63, 3.8) is 0 Å². The number of halogens is 2. The van der Waals surface area contributed by atoms with E-state index in [1.807, 2.05) is 0 Å². The van der Waals surface area contributed by atoms with Crippen LogP contribution in [-0.4, -0.2) is 39.0 Å². The van der Waals surface area contributed by atoms with Gasteiger partial charge in [0.05, 0.1) is 28.8 Å². The number of guanidine groups is 1. The topological polar surface area (TPSA) is 93.1 Å². The number of Topliss-reactive ketones (excluding diaryl/α,β-unsaturated/α-hetero) is 1. The number of rotatable bonds is 4. The molecule has 1 aliphatic heterocycles. The summed E-state index contributed by atoms with van der Waals surface area (Å²) in [7, 11) is 1.52. The van der Waals surface area contributed by atoms with Crippen LogP contribution in [0.15, 0.2) is 47.8 Å². The zero-order valence-corrected chi connectivity index (χ0v) is 17.2. The van der Waals surface area contributed by atoms with Gasteiger partial charge in [-0.05, 0) is 36.8 Å². The van der Waals surface area contributed by atoms with Crippen LogP contribution in [0, 0.1) is 5.82 Å². The first-order chi connectivity index (χ1) is 14.2. The molecule has 0 spiro atoms. The number of nitrogens with zero attached hydrogens (tertiary/aromatic N) is 4. The lowest BCUT2D eigenvalue weighted by molar-refractivity contribution is -0.128. The summed E-state index contributed by atoms with van der Waals surface area (Å²) in [5, 5.41) is 0.547. The van der Waals surface area contributed by atoms with Gasteiger partial charge in [-0.25, -0.2) is 14.4 Å². The molecule has 0 fully saturated rings. The molecule has 9 heteroatoms. The number of aliphatic imine (C=N–C) groups is 1. The SMILES string of the molecule is CN1C(=O)CC(C)(c2cc(CC(=O)c3cc4cc(Cl)cn4cn3)ccc2F)N=C1N. The Morgan fingerprint density at radius 1 is 1.33 bits per heavy atom. The minimum atomic E-state index is -1.14. The third kappa shape index (κ3) is 3.54. The van der Waals surface area contributed by atoms with E-state index in [1.165, 1.54) is 30.4 Å². The van der Waals surface area contributed by atoms with Crippen molar-refractivity contribution in [1.29, 1.82) is 0 Å². The van der Waals surface area contributed by atoms with Gasteiger partial charge in [-0.3, -0.25) is 14.5 Å². The Balaban J connectivity index is 1.64. The normalized spacial score (nSPS) is 19.3. The molecule has 30 heavy (non-hydrogen) atoms. The van der Waals surface area contributed by atoms with Crippen molar-refractivity contribution in [3.05, 3.63) is 70.5 Å². The average molecular weight is 428 g/mol. The number of hydrogen-bond donors (Lipinski definition) is 1. The second-order valence-corrected chi connectivity index (χ2v) is 7.99. The molecular weight excluding hydrogens is 409 g/mol. The molecule has 0 radical (unpaired) electrons. The zero-order valence-electron chi connectivity index (χ0n) is 16.4. The molecule has 154 valence electrons. The maximum absolute atomic E-state index is 14.6. The summed E-state index contributed by atoms with van der Waals surface area (Å²) in [6, 6.07) is 7.77. The molecule has 0 bridgehead atoms. The third-order valence-corrected chi connectivity index (χ3v) is 5.49. The van der Waals surface area contributed by atoms with Crippen molar-refractivity contribution in [2.75, 3.05) is 7.05 Å². The van der Waals surface area contributed by atoms with Gasteiger partial charge < -0.3 is 10.1 Å². The van der Waals surface area contributed by atoms with Crippen LogP contribution < -0.4 is 5.73 Å². The monoisotopic (exact) mass is 427 g/mol. The van der Waals surface area contributed by atoms with Gasteiger partial charge in [0.25, 0.3) is 0 Å². The Bertz CT molecular complexity index is 1220. The quantitative estimate of drug-likeness (QED) is 0.648.